The summed E-state index contributed by atoms with van der Waals surface area (Å²) in [4.78, 5) is 4.32. The second-order valence-corrected chi connectivity index (χ2v) is 4.96. The number of aryl methyl sites for hydroxylation is 1. The first-order valence-electron chi connectivity index (χ1n) is 5.57. The predicted octanol–water partition coefficient (Wildman–Crippen LogP) is 2.97. The van der Waals surface area contributed by atoms with Crippen LogP contribution in [0.1, 0.15) is 17.0 Å². The molecule has 3 nitrogen and oxygen atoms in total. The van der Waals surface area contributed by atoms with Crippen LogP contribution in [0.3, 0.4) is 0 Å². The molecule has 0 aliphatic rings. The molecule has 0 saturated heterocycles. The van der Waals surface area contributed by atoms with E-state index in [-0.39, 0.29) is 0 Å². The molecule has 2 aromatic rings. The van der Waals surface area contributed by atoms with Crippen LogP contribution in [-0.2, 0) is 6.54 Å². The van der Waals surface area contributed by atoms with Gasteiger partial charge in [0.2, 0.25) is 0 Å². The van der Waals surface area contributed by atoms with Crippen molar-refractivity contribution in [1.29, 1.82) is 0 Å². The van der Waals surface area contributed by atoms with Crippen LogP contribution >= 0.6 is 15.9 Å². The van der Waals surface area contributed by atoms with Gasteiger partial charge >= 0.3 is 0 Å². The van der Waals surface area contributed by atoms with E-state index >= 15 is 0 Å². The smallest absolute Gasteiger partial charge is 0.0997 e. The molecule has 1 N–H and O–H groups in total. The minimum atomic E-state index is 0.876. The summed E-state index contributed by atoms with van der Waals surface area (Å²) in [5, 5.41) is 3.15. The first-order valence-corrected chi connectivity index (χ1v) is 6.36. The molecule has 2 rings (SSSR count). The first-order chi connectivity index (χ1) is 8.13. The molecule has 0 saturated carbocycles. The highest BCUT2D eigenvalue weighted by atomic mass is 79.9. The number of hydrogen-bond acceptors (Lipinski definition) is 2. The van der Waals surface area contributed by atoms with E-state index in [9.17, 15) is 0 Å². The number of nitrogens with zero attached hydrogens (tertiary/aromatic N) is 2. The van der Waals surface area contributed by atoms with Gasteiger partial charge in [0.1, 0.15) is 0 Å². The third-order valence-corrected chi connectivity index (χ3v) is 3.54. The third-order valence-electron chi connectivity index (χ3n) is 2.90. The van der Waals surface area contributed by atoms with Crippen molar-refractivity contribution < 1.29 is 0 Å². The van der Waals surface area contributed by atoms with Gasteiger partial charge in [-0.1, -0.05) is 6.07 Å². The Morgan fingerprint density at radius 1 is 1.35 bits per heavy atom. The zero-order valence-electron chi connectivity index (χ0n) is 10.3. The van der Waals surface area contributed by atoms with Gasteiger partial charge in [-0.25, -0.2) is 4.98 Å². The van der Waals surface area contributed by atoms with E-state index in [2.05, 4.69) is 55.9 Å². The van der Waals surface area contributed by atoms with Gasteiger partial charge in [0.05, 0.1) is 17.7 Å². The highest BCUT2D eigenvalue weighted by molar-refractivity contribution is 9.10. The van der Waals surface area contributed by atoms with Crippen molar-refractivity contribution in [2.45, 2.75) is 20.4 Å². The third kappa shape index (κ3) is 2.42. The Bertz CT molecular complexity index is 531. The van der Waals surface area contributed by atoms with Crippen LogP contribution in [0, 0.1) is 13.8 Å². The van der Waals surface area contributed by atoms with Gasteiger partial charge in [-0.3, -0.25) is 0 Å². The van der Waals surface area contributed by atoms with E-state index in [1.54, 1.807) is 0 Å². The molecule has 1 heterocycles. The van der Waals surface area contributed by atoms with E-state index in [4.69, 9.17) is 0 Å². The molecule has 90 valence electrons. The number of hydrogen-bond donors (Lipinski definition) is 1. The van der Waals surface area contributed by atoms with Gasteiger partial charge in [-0.15, -0.1) is 0 Å². The molecular weight excluding hydrogens is 278 g/mol. The summed E-state index contributed by atoms with van der Waals surface area (Å²) >= 11 is 3.62. The lowest BCUT2D eigenvalue weighted by molar-refractivity contribution is 0.816. The quantitative estimate of drug-likeness (QED) is 0.943. The largest absolute Gasteiger partial charge is 0.316 e. The van der Waals surface area contributed by atoms with Crippen LogP contribution in [0.4, 0.5) is 0 Å². The summed E-state index contributed by atoms with van der Waals surface area (Å²) in [6, 6.07) is 6.39. The molecule has 0 radical (unpaired) electrons. The van der Waals surface area contributed by atoms with Crippen molar-refractivity contribution in [3.05, 3.63) is 46.0 Å². The molecule has 0 spiro atoms. The topological polar surface area (TPSA) is 29.9 Å². The fraction of sp³-hybridized carbons (Fsp3) is 0.308. The summed E-state index contributed by atoms with van der Waals surface area (Å²) in [7, 11) is 1.95. The van der Waals surface area contributed by atoms with Gasteiger partial charge in [-0.2, -0.15) is 0 Å². The van der Waals surface area contributed by atoms with Crippen molar-refractivity contribution in [1.82, 2.24) is 14.9 Å². The van der Waals surface area contributed by atoms with Crippen LogP contribution in [0.15, 0.2) is 29.0 Å². The van der Waals surface area contributed by atoms with Crippen molar-refractivity contribution in [2.75, 3.05) is 7.05 Å². The Kier molecular flexibility index (Phi) is 3.64. The van der Waals surface area contributed by atoms with Crippen LogP contribution in [0.25, 0.3) is 5.69 Å². The monoisotopic (exact) mass is 293 g/mol. The van der Waals surface area contributed by atoms with Crippen LogP contribution in [-0.4, -0.2) is 16.6 Å². The van der Waals surface area contributed by atoms with Crippen molar-refractivity contribution in [3.8, 4) is 5.69 Å². The fourth-order valence-electron chi connectivity index (χ4n) is 1.80. The molecule has 1 aromatic heterocycles. The minimum Gasteiger partial charge on any atom is -0.316 e. The number of aromatic nitrogens is 2. The first kappa shape index (κ1) is 12.3. The lowest BCUT2D eigenvalue weighted by Crippen LogP contribution is -2.05. The summed E-state index contributed by atoms with van der Waals surface area (Å²) in [6.07, 6.45) is 1.86. The zero-order chi connectivity index (χ0) is 12.4. The molecule has 0 aliphatic carbocycles. The van der Waals surface area contributed by atoms with Gasteiger partial charge in [0.25, 0.3) is 0 Å². The molecule has 0 unspecified atom stereocenters. The Hall–Kier alpha value is -1.13. The molecule has 0 fully saturated rings. The van der Waals surface area contributed by atoms with E-state index in [0.717, 1.165) is 22.4 Å². The van der Waals surface area contributed by atoms with Crippen LogP contribution in [0.5, 0.6) is 0 Å². The SMILES string of the molecule is CNCc1ccc(-n2cnc(C)c2C)c(Br)c1. The Morgan fingerprint density at radius 3 is 2.65 bits per heavy atom. The lowest BCUT2D eigenvalue weighted by atomic mass is 10.2. The lowest BCUT2D eigenvalue weighted by Gasteiger charge is -2.10. The fourth-order valence-corrected chi connectivity index (χ4v) is 2.42. The van der Waals surface area contributed by atoms with Gasteiger partial charge in [-0.05, 0) is 54.5 Å². The van der Waals surface area contributed by atoms with E-state index in [1.807, 2.05) is 20.3 Å². The highest BCUT2D eigenvalue weighted by Crippen LogP contribution is 2.24. The van der Waals surface area contributed by atoms with Gasteiger partial charge < -0.3 is 9.88 Å². The summed E-state index contributed by atoms with van der Waals surface area (Å²) < 4.78 is 3.19. The number of halogens is 1. The highest BCUT2D eigenvalue weighted by Gasteiger charge is 2.08. The van der Waals surface area contributed by atoms with E-state index < -0.39 is 0 Å². The van der Waals surface area contributed by atoms with Crippen molar-refractivity contribution >= 4 is 15.9 Å². The number of rotatable bonds is 3. The number of imidazole rings is 1. The molecule has 0 aliphatic heterocycles. The molecule has 4 heteroatoms. The second kappa shape index (κ2) is 5.02. The summed E-state index contributed by atoms with van der Waals surface area (Å²) in [6.45, 7) is 4.98. The maximum Gasteiger partial charge on any atom is 0.0997 e. The number of benzene rings is 1. The molecular formula is C13H16BrN3. The molecule has 0 atom stereocenters. The molecule has 17 heavy (non-hydrogen) atoms. The Balaban J connectivity index is 2.43. The Labute approximate surface area is 110 Å². The average molecular weight is 294 g/mol. The zero-order valence-corrected chi connectivity index (χ0v) is 11.9. The summed E-state index contributed by atoms with van der Waals surface area (Å²) in [5.41, 5.74) is 4.63. The molecule has 1 aromatic carbocycles. The van der Waals surface area contributed by atoms with Crippen LogP contribution < -0.4 is 5.32 Å². The van der Waals surface area contributed by atoms with Gasteiger partial charge in [0.15, 0.2) is 0 Å². The number of nitrogens with one attached hydrogen (secondary N) is 1. The second-order valence-electron chi connectivity index (χ2n) is 4.10. The van der Waals surface area contributed by atoms with E-state index in [1.165, 1.54) is 11.3 Å². The summed E-state index contributed by atoms with van der Waals surface area (Å²) in [5.74, 6) is 0. The predicted molar refractivity (Wildman–Crippen MR) is 73.5 cm³/mol. The maximum absolute atomic E-state index is 4.32. The molecule has 0 amide bonds. The van der Waals surface area contributed by atoms with Crippen molar-refractivity contribution in [3.63, 3.8) is 0 Å². The minimum absolute atomic E-state index is 0.876. The average Bonchev–Trinajstić information content (AvgIpc) is 2.61. The Morgan fingerprint density at radius 2 is 2.12 bits per heavy atom. The maximum atomic E-state index is 4.32. The van der Waals surface area contributed by atoms with Crippen molar-refractivity contribution in [2.24, 2.45) is 0 Å². The van der Waals surface area contributed by atoms with Gasteiger partial charge in [0, 0.05) is 16.7 Å². The normalized spacial score (nSPS) is 10.8. The standard InChI is InChI=1S/C13H16BrN3/c1-9-10(2)17(8-16-9)13-5-4-11(7-15-3)6-12(13)14/h4-6,8,15H,7H2,1-3H3. The van der Waals surface area contributed by atoms with Crippen LogP contribution in [0.2, 0.25) is 0 Å². The van der Waals surface area contributed by atoms with E-state index in [0.29, 0.717) is 0 Å². The molecule has 0 bridgehead atoms.